The van der Waals surface area contributed by atoms with Crippen molar-refractivity contribution in [2.45, 2.75) is 45.1 Å². The van der Waals surface area contributed by atoms with Crippen molar-refractivity contribution in [1.82, 2.24) is 20.2 Å². The summed E-state index contributed by atoms with van der Waals surface area (Å²) in [6, 6.07) is 0. The first-order valence-corrected chi connectivity index (χ1v) is 5.76. The molecule has 1 heterocycles. The van der Waals surface area contributed by atoms with Crippen LogP contribution in [-0.2, 0) is 6.54 Å². The molecule has 5 nitrogen and oxygen atoms in total. The van der Waals surface area contributed by atoms with Gasteiger partial charge in [-0.1, -0.05) is 25.7 Å². The molecule has 2 rings (SSSR count). The molecule has 0 atom stereocenters. The van der Waals surface area contributed by atoms with Gasteiger partial charge in [0.1, 0.15) is 6.33 Å². The molecule has 0 radical (unpaired) electrons. The van der Waals surface area contributed by atoms with Gasteiger partial charge in [0.2, 0.25) is 0 Å². The summed E-state index contributed by atoms with van der Waals surface area (Å²) in [7, 11) is 0. The topological polar surface area (TPSA) is 69.6 Å². The van der Waals surface area contributed by atoms with Crippen molar-refractivity contribution >= 4 is 0 Å². The lowest BCUT2D eigenvalue weighted by Crippen LogP contribution is -2.34. The van der Waals surface area contributed by atoms with Crippen LogP contribution in [0.4, 0.5) is 0 Å². The number of tetrazole rings is 1. The molecule has 84 valence electrons. The van der Waals surface area contributed by atoms with E-state index < -0.39 is 0 Å². The highest BCUT2D eigenvalue weighted by Crippen LogP contribution is 2.35. The van der Waals surface area contributed by atoms with Crippen LogP contribution < -0.4 is 5.73 Å². The number of nitrogens with two attached hydrogens (primary N) is 1. The molecule has 0 aromatic carbocycles. The molecule has 0 spiro atoms. The molecule has 15 heavy (non-hydrogen) atoms. The predicted molar refractivity (Wildman–Crippen MR) is 57.0 cm³/mol. The first-order valence-electron chi connectivity index (χ1n) is 5.76. The maximum absolute atomic E-state index is 5.94. The van der Waals surface area contributed by atoms with E-state index in [0.29, 0.717) is 0 Å². The van der Waals surface area contributed by atoms with Crippen LogP contribution in [0, 0.1) is 5.41 Å². The highest BCUT2D eigenvalue weighted by atomic mass is 15.5. The van der Waals surface area contributed by atoms with E-state index in [1.165, 1.54) is 38.5 Å². The van der Waals surface area contributed by atoms with Crippen LogP contribution in [-0.4, -0.2) is 26.8 Å². The number of rotatable bonds is 3. The van der Waals surface area contributed by atoms with E-state index in [4.69, 9.17) is 5.73 Å². The number of nitrogens with zero attached hydrogens (tertiary/aromatic N) is 4. The predicted octanol–water partition coefficient (Wildman–Crippen LogP) is 0.972. The second-order valence-electron chi connectivity index (χ2n) is 4.63. The molecule has 5 heteroatoms. The molecule has 0 aliphatic heterocycles. The molecule has 1 aliphatic carbocycles. The van der Waals surface area contributed by atoms with Gasteiger partial charge in [0, 0.05) is 5.41 Å². The van der Waals surface area contributed by atoms with Crippen molar-refractivity contribution in [2.75, 3.05) is 6.54 Å². The highest BCUT2D eigenvalue weighted by Gasteiger charge is 2.30. The molecule has 1 aromatic rings. The second kappa shape index (κ2) is 4.70. The SMILES string of the molecule is NCC1(Cn2cnnn2)CCCCCC1. The van der Waals surface area contributed by atoms with Gasteiger partial charge in [-0.2, -0.15) is 0 Å². The van der Waals surface area contributed by atoms with Crippen molar-refractivity contribution in [3.8, 4) is 0 Å². The van der Waals surface area contributed by atoms with E-state index in [9.17, 15) is 0 Å². The third-order valence-electron chi connectivity index (χ3n) is 3.49. The average Bonchev–Trinajstić information content (AvgIpc) is 2.64. The monoisotopic (exact) mass is 209 g/mol. The molecular formula is C10H19N5. The molecule has 0 bridgehead atoms. The van der Waals surface area contributed by atoms with Crippen LogP contribution in [0.3, 0.4) is 0 Å². The Morgan fingerprint density at radius 3 is 2.47 bits per heavy atom. The number of aromatic nitrogens is 4. The summed E-state index contributed by atoms with van der Waals surface area (Å²) >= 11 is 0. The van der Waals surface area contributed by atoms with Gasteiger partial charge in [0.25, 0.3) is 0 Å². The maximum Gasteiger partial charge on any atom is 0.138 e. The van der Waals surface area contributed by atoms with Crippen LogP contribution in [0.25, 0.3) is 0 Å². The smallest absolute Gasteiger partial charge is 0.138 e. The molecule has 1 fully saturated rings. The fraction of sp³-hybridized carbons (Fsp3) is 0.900. The Morgan fingerprint density at radius 2 is 1.93 bits per heavy atom. The largest absolute Gasteiger partial charge is 0.330 e. The lowest BCUT2D eigenvalue weighted by atomic mass is 9.80. The Kier molecular flexibility index (Phi) is 3.30. The summed E-state index contributed by atoms with van der Waals surface area (Å²) in [4.78, 5) is 0. The lowest BCUT2D eigenvalue weighted by molar-refractivity contribution is 0.202. The van der Waals surface area contributed by atoms with E-state index in [-0.39, 0.29) is 5.41 Å². The first kappa shape index (κ1) is 10.5. The van der Waals surface area contributed by atoms with Crippen molar-refractivity contribution in [1.29, 1.82) is 0 Å². The van der Waals surface area contributed by atoms with Gasteiger partial charge < -0.3 is 5.73 Å². The van der Waals surface area contributed by atoms with E-state index >= 15 is 0 Å². The third kappa shape index (κ3) is 2.53. The van der Waals surface area contributed by atoms with Gasteiger partial charge in [-0.15, -0.1) is 5.10 Å². The number of hydrogen-bond donors (Lipinski definition) is 1. The Bertz CT molecular complexity index is 274. The molecule has 2 N–H and O–H groups in total. The zero-order valence-corrected chi connectivity index (χ0v) is 9.10. The van der Waals surface area contributed by atoms with Gasteiger partial charge in [-0.3, -0.25) is 0 Å². The van der Waals surface area contributed by atoms with Crippen LogP contribution in [0.1, 0.15) is 38.5 Å². The molecule has 0 saturated heterocycles. The zero-order valence-electron chi connectivity index (χ0n) is 9.10. The summed E-state index contributed by atoms with van der Waals surface area (Å²) in [5, 5.41) is 11.3. The van der Waals surface area contributed by atoms with Gasteiger partial charge in [0.15, 0.2) is 0 Å². The van der Waals surface area contributed by atoms with Crippen molar-refractivity contribution in [2.24, 2.45) is 11.1 Å². The Hall–Kier alpha value is -0.970. The summed E-state index contributed by atoms with van der Waals surface area (Å²) in [5.41, 5.74) is 6.17. The fourth-order valence-corrected chi connectivity index (χ4v) is 2.50. The van der Waals surface area contributed by atoms with Crippen molar-refractivity contribution < 1.29 is 0 Å². The minimum Gasteiger partial charge on any atom is -0.330 e. The maximum atomic E-state index is 5.94. The van der Waals surface area contributed by atoms with Crippen LogP contribution >= 0.6 is 0 Å². The average molecular weight is 209 g/mol. The highest BCUT2D eigenvalue weighted by molar-refractivity contribution is 4.82. The van der Waals surface area contributed by atoms with Gasteiger partial charge in [0.05, 0.1) is 6.54 Å². The minimum absolute atomic E-state index is 0.228. The standard InChI is InChI=1S/C10H19N5/c11-7-10(5-3-1-2-4-6-10)8-15-9-12-13-14-15/h9H,1-8,11H2. The van der Waals surface area contributed by atoms with E-state index in [1.54, 1.807) is 6.33 Å². The van der Waals surface area contributed by atoms with E-state index in [1.807, 2.05) is 4.68 Å². The second-order valence-corrected chi connectivity index (χ2v) is 4.63. The Labute approximate surface area is 90.0 Å². The molecular weight excluding hydrogens is 190 g/mol. The summed E-state index contributed by atoms with van der Waals surface area (Å²) in [5.74, 6) is 0. The zero-order chi connectivity index (χ0) is 10.6. The van der Waals surface area contributed by atoms with E-state index in [0.717, 1.165) is 13.1 Å². The normalized spacial score (nSPS) is 21.1. The molecule has 1 aromatic heterocycles. The molecule has 1 saturated carbocycles. The fourth-order valence-electron chi connectivity index (χ4n) is 2.50. The Morgan fingerprint density at radius 1 is 1.20 bits per heavy atom. The van der Waals surface area contributed by atoms with Crippen molar-refractivity contribution in [3.05, 3.63) is 6.33 Å². The van der Waals surface area contributed by atoms with Crippen LogP contribution in [0.15, 0.2) is 6.33 Å². The van der Waals surface area contributed by atoms with Gasteiger partial charge in [-0.25, -0.2) is 4.68 Å². The summed E-state index contributed by atoms with van der Waals surface area (Å²) in [6.45, 7) is 1.61. The quantitative estimate of drug-likeness (QED) is 0.753. The Balaban J connectivity index is 2.05. The third-order valence-corrected chi connectivity index (χ3v) is 3.49. The van der Waals surface area contributed by atoms with Gasteiger partial charge in [-0.05, 0) is 29.8 Å². The van der Waals surface area contributed by atoms with Crippen LogP contribution in [0.2, 0.25) is 0 Å². The summed E-state index contributed by atoms with van der Waals surface area (Å²) < 4.78 is 1.82. The van der Waals surface area contributed by atoms with Crippen molar-refractivity contribution in [3.63, 3.8) is 0 Å². The minimum atomic E-state index is 0.228. The molecule has 1 aliphatic rings. The molecule has 0 amide bonds. The van der Waals surface area contributed by atoms with Gasteiger partial charge >= 0.3 is 0 Å². The van der Waals surface area contributed by atoms with Crippen LogP contribution in [0.5, 0.6) is 0 Å². The molecule has 0 unspecified atom stereocenters. The first-order chi connectivity index (χ1) is 7.35. The summed E-state index contributed by atoms with van der Waals surface area (Å²) in [6.07, 6.45) is 9.38. The van der Waals surface area contributed by atoms with E-state index in [2.05, 4.69) is 15.5 Å². The number of hydrogen-bond acceptors (Lipinski definition) is 4. The lowest BCUT2D eigenvalue weighted by Gasteiger charge is -2.30.